The molecule has 1 N–H and O–H groups in total. The highest BCUT2D eigenvalue weighted by Crippen LogP contribution is 2.27. The summed E-state index contributed by atoms with van der Waals surface area (Å²) in [5, 5.41) is 2.86. The summed E-state index contributed by atoms with van der Waals surface area (Å²) in [7, 11) is -3.65. The molecule has 0 bridgehead atoms. The van der Waals surface area contributed by atoms with Crippen molar-refractivity contribution in [3.05, 3.63) is 53.6 Å². The summed E-state index contributed by atoms with van der Waals surface area (Å²) >= 11 is 0. The Balaban J connectivity index is 1.78. The number of piperidine rings is 1. The van der Waals surface area contributed by atoms with E-state index in [0.29, 0.717) is 11.4 Å². The van der Waals surface area contributed by atoms with Crippen LogP contribution in [0.2, 0.25) is 0 Å². The first-order chi connectivity index (χ1) is 14.2. The fraction of sp³-hybridized carbons (Fsp3) is 0.435. The molecule has 2 aromatic rings. The first kappa shape index (κ1) is 22.2. The van der Waals surface area contributed by atoms with Crippen molar-refractivity contribution in [1.29, 1.82) is 0 Å². The van der Waals surface area contributed by atoms with Crippen LogP contribution in [0.1, 0.15) is 37.3 Å². The van der Waals surface area contributed by atoms with E-state index in [1.165, 1.54) is 23.6 Å². The van der Waals surface area contributed by atoms with E-state index in [9.17, 15) is 13.2 Å². The summed E-state index contributed by atoms with van der Waals surface area (Å²) in [6.45, 7) is 7.47. The largest absolute Gasteiger partial charge is 0.372 e. The molecule has 1 saturated heterocycles. The number of carbonyl (C=O) groups excluding carboxylic acids is 1. The molecule has 3 rings (SSSR count). The van der Waals surface area contributed by atoms with Crippen LogP contribution in [0, 0.1) is 13.8 Å². The van der Waals surface area contributed by atoms with Gasteiger partial charge in [-0.3, -0.25) is 9.10 Å². The molecule has 0 aliphatic carbocycles. The zero-order valence-electron chi connectivity index (χ0n) is 18.2. The molecule has 0 radical (unpaired) electrons. The zero-order chi connectivity index (χ0) is 21.9. The molecule has 0 spiro atoms. The van der Waals surface area contributed by atoms with E-state index in [-0.39, 0.29) is 5.91 Å². The van der Waals surface area contributed by atoms with Gasteiger partial charge in [-0.25, -0.2) is 8.42 Å². The molecule has 1 amide bonds. The van der Waals surface area contributed by atoms with Crippen LogP contribution in [-0.4, -0.2) is 39.7 Å². The molecule has 0 unspecified atom stereocenters. The third-order valence-corrected chi connectivity index (χ3v) is 6.77. The molecule has 6 nitrogen and oxygen atoms in total. The highest BCUT2D eigenvalue weighted by atomic mass is 32.2. The van der Waals surface area contributed by atoms with Crippen LogP contribution >= 0.6 is 0 Å². The fourth-order valence-electron chi connectivity index (χ4n) is 3.89. The van der Waals surface area contributed by atoms with Crippen molar-refractivity contribution in [1.82, 2.24) is 0 Å². The lowest BCUT2D eigenvalue weighted by Gasteiger charge is -2.30. The summed E-state index contributed by atoms with van der Waals surface area (Å²) in [4.78, 5) is 15.3. The molecule has 30 heavy (non-hydrogen) atoms. The maximum absolute atomic E-state index is 12.9. The van der Waals surface area contributed by atoms with Gasteiger partial charge in [0, 0.05) is 24.5 Å². The molecule has 1 atom stereocenters. The quantitative estimate of drug-likeness (QED) is 0.751. The number of hydrogen-bond acceptors (Lipinski definition) is 4. The van der Waals surface area contributed by atoms with E-state index in [2.05, 4.69) is 10.2 Å². The van der Waals surface area contributed by atoms with E-state index in [1.54, 1.807) is 13.0 Å². The number of nitrogens with one attached hydrogen (secondary N) is 1. The van der Waals surface area contributed by atoms with E-state index in [1.807, 2.05) is 50.2 Å². The van der Waals surface area contributed by atoms with Gasteiger partial charge in [0.1, 0.15) is 6.04 Å². The van der Waals surface area contributed by atoms with Crippen molar-refractivity contribution in [2.75, 3.05) is 33.9 Å². The molecule has 1 aliphatic rings. The third-order valence-electron chi connectivity index (χ3n) is 5.55. The smallest absolute Gasteiger partial charge is 0.247 e. The maximum atomic E-state index is 12.9. The Morgan fingerprint density at radius 2 is 1.67 bits per heavy atom. The number of hydrogen-bond donors (Lipinski definition) is 1. The molecule has 0 saturated carbocycles. The Labute approximate surface area is 179 Å². The van der Waals surface area contributed by atoms with Gasteiger partial charge >= 0.3 is 0 Å². The summed E-state index contributed by atoms with van der Waals surface area (Å²) in [6.07, 6.45) is 4.82. The van der Waals surface area contributed by atoms with E-state index < -0.39 is 16.1 Å². The van der Waals surface area contributed by atoms with Crippen molar-refractivity contribution in [3.63, 3.8) is 0 Å². The lowest BCUT2D eigenvalue weighted by Crippen LogP contribution is -2.45. The van der Waals surface area contributed by atoms with Crippen LogP contribution in [0.25, 0.3) is 0 Å². The van der Waals surface area contributed by atoms with Crippen molar-refractivity contribution in [3.8, 4) is 0 Å². The molecular weight excluding hydrogens is 398 g/mol. The number of nitrogens with zero attached hydrogens (tertiary/aromatic N) is 2. The second kappa shape index (κ2) is 9.08. The van der Waals surface area contributed by atoms with E-state index in [0.717, 1.165) is 36.2 Å². The van der Waals surface area contributed by atoms with Crippen LogP contribution in [0.4, 0.5) is 17.1 Å². The highest BCUT2D eigenvalue weighted by Gasteiger charge is 2.30. The van der Waals surface area contributed by atoms with Crippen LogP contribution in [0.3, 0.4) is 0 Å². The monoisotopic (exact) mass is 429 g/mol. The lowest BCUT2D eigenvalue weighted by atomic mass is 10.1. The van der Waals surface area contributed by atoms with Gasteiger partial charge in [-0.15, -0.1) is 0 Å². The minimum atomic E-state index is -3.65. The topological polar surface area (TPSA) is 69.7 Å². The second-order valence-corrected chi connectivity index (χ2v) is 9.97. The normalized spacial score (nSPS) is 15.5. The van der Waals surface area contributed by atoms with Crippen molar-refractivity contribution in [2.24, 2.45) is 0 Å². The van der Waals surface area contributed by atoms with Crippen molar-refractivity contribution in [2.45, 2.75) is 46.1 Å². The molecule has 0 aromatic heterocycles. The number of amides is 1. The van der Waals surface area contributed by atoms with Crippen LogP contribution in [-0.2, 0) is 14.8 Å². The van der Waals surface area contributed by atoms with Crippen LogP contribution in [0.15, 0.2) is 42.5 Å². The Morgan fingerprint density at radius 1 is 1.03 bits per heavy atom. The lowest BCUT2D eigenvalue weighted by molar-refractivity contribution is -0.116. The minimum Gasteiger partial charge on any atom is -0.372 e. The SMILES string of the molecule is Cc1ccc(C)c(N([C@H](C)C(=O)Nc2ccc(N3CCCCC3)cc2)S(C)(=O)=O)c1. The number of benzene rings is 2. The summed E-state index contributed by atoms with van der Waals surface area (Å²) in [5.41, 5.74) is 4.07. The van der Waals surface area contributed by atoms with Crippen molar-refractivity contribution >= 4 is 33.0 Å². The van der Waals surface area contributed by atoms with Gasteiger partial charge in [-0.1, -0.05) is 12.1 Å². The first-order valence-corrected chi connectivity index (χ1v) is 12.2. The molecule has 1 fully saturated rings. The Hall–Kier alpha value is -2.54. The molecule has 1 heterocycles. The Kier molecular flexibility index (Phi) is 6.71. The molecule has 1 aliphatic heterocycles. The second-order valence-electron chi connectivity index (χ2n) is 8.11. The molecule has 162 valence electrons. The predicted molar refractivity (Wildman–Crippen MR) is 124 cm³/mol. The summed E-state index contributed by atoms with van der Waals surface area (Å²) in [5.74, 6) is -0.368. The number of rotatable bonds is 6. The van der Waals surface area contributed by atoms with Gasteiger partial charge in [0.2, 0.25) is 15.9 Å². The minimum absolute atomic E-state index is 0.368. The Morgan fingerprint density at radius 3 is 2.27 bits per heavy atom. The van der Waals surface area contributed by atoms with Crippen molar-refractivity contribution < 1.29 is 13.2 Å². The number of carbonyl (C=O) groups is 1. The number of aryl methyl sites for hydroxylation is 2. The number of sulfonamides is 1. The molecular formula is C23H31N3O3S. The van der Waals surface area contributed by atoms with Gasteiger partial charge < -0.3 is 10.2 Å². The van der Waals surface area contributed by atoms with Gasteiger partial charge in [0.25, 0.3) is 0 Å². The number of anilines is 3. The predicted octanol–water partition coefficient (Wildman–Crippen LogP) is 4.09. The van der Waals surface area contributed by atoms with Gasteiger partial charge in [0.15, 0.2) is 0 Å². The first-order valence-electron chi connectivity index (χ1n) is 10.4. The molecule has 2 aromatic carbocycles. The van der Waals surface area contributed by atoms with Gasteiger partial charge in [-0.05, 0) is 81.5 Å². The van der Waals surface area contributed by atoms with Gasteiger partial charge in [-0.2, -0.15) is 0 Å². The van der Waals surface area contributed by atoms with E-state index >= 15 is 0 Å². The average Bonchev–Trinajstić information content (AvgIpc) is 2.71. The third kappa shape index (κ3) is 5.14. The highest BCUT2D eigenvalue weighted by molar-refractivity contribution is 7.92. The van der Waals surface area contributed by atoms with Gasteiger partial charge in [0.05, 0.1) is 11.9 Å². The van der Waals surface area contributed by atoms with Crippen LogP contribution in [0.5, 0.6) is 0 Å². The summed E-state index contributed by atoms with van der Waals surface area (Å²) in [6, 6.07) is 12.5. The fourth-order valence-corrected chi connectivity index (χ4v) is 5.12. The zero-order valence-corrected chi connectivity index (χ0v) is 19.0. The Bertz CT molecular complexity index is 997. The molecule has 7 heteroatoms. The van der Waals surface area contributed by atoms with Crippen LogP contribution < -0.4 is 14.5 Å². The maximum Gasteiger partial charge on any atom is 0.247 e. The standard InChI is InChI=1S/C23H31N3O3S/c1-17-8-9-18(2)22(16-17)26(30(4,28)29)19(3)23(27)24-20-10-12-21(13-11-20)25-14-6-5-7-15-25/h8-13,16,19H,5-7,14-15H2,1-4H3,(H,24,27)/t19-/m1/s1. The summed E-state index contributed by atoms with van der Waals surface area (Å²) < 4.78 is 26.3. The van der Waals surface area contributed by atoms with E-state index in [4.69, 9.17) is 0 Å². The average molecular weight is 430 g/mol.